The zero-order valence-corrected chi connectivity index (χ0v) is 15.5. The van der Waals surface area contributed by atoms with E-state index in [9.17, 15) is 13.6 Å². The van der Waals surface area contributed by atoms with Crippen LogP contribution in [-0.2, 0) is 4.79 Å². The van der Waals surface area contributed by atoms with Gasteiger partial charge in [-0.1, -0.05) is 12.1 Å². The molecule has 1 fully saturated rings. The van der Waals surface area contributed by atoms with E-state index in [0.717, 1.165) is 58.1 Å². The first-order valence-corrected chi connectivity index (χ1v) is 9.87. The van der Waals surface area contributed by atoms with E-state index in [2.05, 4.69) is 11.4 Å². The van der Waals surface area contributed by atoms with E-state index < -0.39 is 11.6 Å². The predicted octanol–water partition coefficient (Wildman–Crippen LogP) is 3.32. The quantitative estimate of drug-likeness (QED) is 0.720. The van der Waals surface area contributed by atoms with Crippen LogP contribution in [0.15, 0.2) is 42.5 Å². The van der Waals surface area contributed by atoms with Gasteiger partial charge in [-0.25, -0.2) is 13.8 Å². The van der Waals surface area contributed by atoms with Gasteiger partial charge in [-0.15, -0.1) is 11.3 Å². The molecule has 2 heterocycles. The summed E-state index contributed by atoms with van der Waals surface area (Å²) >= 11 is 1.68. The SMILES string of the molecule is O=C(C[NH+]1CCCC[C@@H]1c1nc2ccccc2s1)Nc1ccc(F)cc1F. The summed E-state index contributed by atoms with van der Waals surface area (Å²) in [7, 11) is 0. The molecule has 0 saturated carbocycles. The Kier molecular flexibility index (Phi) is 5.13. The van der Waals surface area contributed by atoms with Crippen LogP contribution in [0.2, 0.25) is 0 Å². The minimum Gasteiger partial charge on any atom is -0.319 e. The third-order valence-corrected chi connectivity index (χ3v) is 6.08. The lowest BCUT2D eigenvalue weighted by Gasteiger charge is -2.30. The number of quaternary nitrogens is 1. The second-order valence-electron chi connectivity index (χ2n) is 6.83. The maximum absolute atomic E-state index is 13.8. The number of para-hydroxylation sites is 1. The number of fused-ring (bicyclic) bond motifs is 1. The van der Waals surface area contributed by atoms with Crippen LogP contribution in [0.25, 0.3) is 10.2 Å². The number of amides is 1. The summed E-state index contributed by atoms with van der Waals surface area (Å²) in [5.41, 5.74) is 0.995. The zero-order valence-electron chi connectivity index (χ0n) is 14.7. The molecule has 0 radical (unpaired) electrons. The van der Waals surface area contributed by atoms with Crippen molar-refractivity contribution in [2.45, 2.75) is 25.3 Å². The summed E-state index contributed by atoms with van der Waals surface area (Å²) in [5.74, 6) is -1.70. The van der Waals surface area contributed by atoms with Gasteiger partial charge in [0, 0.05) is 12.5 Å². The average molecular weight is 388 g/mol. The van der Waals surface area contributed by atoms with Crippen LogP contribution in [-0.4, -0.2) is 24.0 Å². The van der Waals surface area contributed by atoms with Crippen molar-refractivity contribution in [1.82, 2.24) is 4.98 Å². The number of nitrogens with one attached hydrogen (secondary N) is 2. The summed E-state index contributed by atoms with van der Waals surface area (Å²) in [6, 6.07) is 11.4. The lowest BCUT2D eigenvalue weighted by molar-refractivity contribution is -0.929. The Labute approximate surface area is 159 Å². The number of hydrogen-bond donors (Lipinski definition) is 2. The zero-order chi connectivity index (χ0) is 18.8. The molecule has 0 bridgehead atoms. The second-order valence-corrected chi connectivity index (χ2v) is 7.89. The molecule has 2 atom stereocenters. The number of thiazole rings is 1. The molecule has 3 aromatic rings. The molecule has 2 N–H and O–H groups in total. The third kappa shape index (κ3) is 3.99. The van der Waals surface area contributed by atoms with E-state index in [1.165, 1.54) is 6.07 Å². The molecule has 4 rings (SSSR count). The van der Waals surface area contributed by atoms with Gasteiger partial charge in [-0.2, -0.15) is 0 Å². The van der Waals surface area contributed by atoms with Crippen molar-refractivity contribution in [2.24, 2.45) is 0 Å². The monoisotopic (exact) mass is 388 g/mol. The fourth-order valence-corrected chi connectivity index (χ4v) is 4.78. The number of likely N-dealkylation sites (tertiary alicyclic amines) is 1. The first-order valence-electron chi connectivity index (χ1n) is 9.05. The van der Waals surface area contributed by atoms with Gasteiger partial charge >= 0.3 is 0 Å². The normalized spacial score (nSPS) is 19.9. The van der Waals surface area contributed by atoms with Crippen molar-refractivity contribution >= 4 is 33.1 Å². The van der Waals surface area contributed by atoms with Crippen LogP contribution in [0.3, 0.4) is 0 Å². The summed E-state index contributed by atoms with van der Waals surface area (Å²) in [6.45, 7) is 1.11. The van der Waals surface area contributed by atoms with Gasteiger partial charge in [0.1, 0.15) is 17.7 Å². The molecule has 7 heteroatoms. The minimum absolute atomic E-state index is 0.00865. The topological polar surface area (TPSA) is 46.4 Å². The van der Waals surface area contributed by atoms with E-state index in [4.69, 9.17) is 4.98 Å². The van der Waals surface area contributed by atoms with Crippen molar-refractivity contribution in [3.05, 3.63) is 59.1 Å². The van der Waals surface area contributed by atoms with Gasteiger partial charge in [0.25, 0.3) is 5.91 Å². The van der Waals surface area contributed by atoms with E-state index in [1.807, 2.05) is 18.2 Å². The molecule has 4 nitrogen and oxygen atoms in total. The number of benzene rings is 2. The van der Waals surface area contributed by atoms with Crippen LogP contribution in [0.1, 0.15) is 30.3 Å². The molecule has 1 amide bonds. The molecule has 1 aliphatic heterocycles. The minimum atomic E-state index is -0.764. The van der Waals surface area contributed by atoms with Gasteiger partial charge in [0.2, 0.25) is 0 Å². The lowest BCUT2D eigenvalue weighted by Crippen LogP contribution is -3.14. The highest BCUT2D eigenvalue weighted by Gasteiger charge is 2.32. The number of anilines is 1. The molecule has 0 aliphatic carbocycles. The van der Waals surface area contributed by atoms with Crippen molar-refractivity contribution in [1.29, 1.82) is 0 Å². The number of carbonyl (C=O) groups excluding carboxylic acids is 1. The van der Waals surface area contributed by atoms with Gasteiger partial charge in [-0.3, -0.25) is 4.79 Å². The predicted molar refractivity (Wildman–Crippen MR) is 102 cm³/mol. The molecular weight excluding hydrogens is 368 g/mol. The molecule has 0 spiro atoms. The summed E-state index contributed by atoms with van der Waals surface area (Å²) in [4.78, 5) is 18.4. The van der Waals surface area contributed by atoms with E-state index in [0.29, 0.717) is 0 Å². The molecular formula is C20H20F2N3OS+. The number of rotatable bonds is 4. The smallest absolute Gasteiger partial charge is 0.279 e. The lowest BCUT2D eigenvalue weighted by atomic mass is 10.0. The highest BCUT2D eigenvalue weighted by atomic mass is 32.1. The Morgan fingerprint density at radius 1 is 1.22 bits per heavy atom. The van der Waals surface area contributed by atoms with Gasteiger partial charge < -0.3 is 10.2 Å². The first-order chi connectivity index (χ1) is 13.1. The molecule has 2 aromatic carbocycles. The van der Waals surface area contributed by atoms with Crippen LogP contribution in [0, 0.1) is 11.6 Å². The van der Waals surface area contributed by atoms with Gasteiger partial charge in [-0.05, 0) is 37.1 Å². The molecule has 1 unspecified atom stereocenters. The summed E-state index contributed by atoms with van der Waals surface area (Å²) in [6.07, 6.45) is 3.14. The Morgan fingerprint density at radius 2 is 2.07 bits per heavy atom. The highest BCUT2D eigenvalue weighted by molar-refractivity contribution is 7.18. The molecule has 1 aromatic heterocycles. The number of piperidine rings is 1. The number of carbonyl (C=O) groups is 1. The number of aromatic nitrogens is 1. The fraction of sp³-hybridized carbons (Fsp3) is 0.300. The average Bonchev–Trinajstić information content (AvgIpc) is 3.08. The largest absolute Gasteiger partial charge is 0.319 e. The van der Waals surface area contributed by atoms with Crippen LogP contribution < -0.4 is 10.2 Å². The molecule has 140 valence electrons. The Balaban J connectivity index is 1.49. The summed E-state index contributed by atoms with van der Waals surface area (Å²) in [5, 5.41) is 3.61. The number of hydrogen-bond acceptors (Lipinski definition) is 3. The molecule has 27 heavy (non-hydrogen) atoms. The van der Waals surface area contributed by atoms with E-state index >= 15 is 0 Å². The Hall–Kier alpha value is -2.38. The number of nitrogens with zero attached hydrogens (tertiary/aromatic N) is 1. The van der Waals surface area contributed by atoms with Gasteiger partial charge in [0.05, 0.1) is 22.4 Å². The van der Waals surface area contributed by atoms with Gasteiger partial charge in [0.15, 0.2) is 11.6 Å². The van der Waals surface area contributed by atoms with E-state index in [-0.39, 0.29) is 24.2 Å². The van der Waals surface area contributed by atoms with Crippen LogP contribution in [0.4, 0.5) is 14.5 Å². The maximum Gasteiger partial charge on any atom is 0.279 e. The number of halogens is 2. The van der Waals surface area contributed by atoms with Crippen molar-refractivity contribution < 1.29 is 18.5 Å². The van der Waals surface area contributed by atoms with Crippen molar-refractivity contribution in [2.75, 3.05) is 18.4 Å². The second kappa shape index (κ2) is 7.70. The highest BCUT2D eigenvalue weighted by Crippen LogP contribution is 2.28. The molecule has 1 aliphatic rings. The van der Waals surface area contributed by atoms with Crippen LogP contribution in [0.5, 0.6) is 0 Å². The maximum atomic E-state index is 13.8. The third-order valence-electron chi connectivity index (χ3n) is 4.93. The molecule has 1 saturated heterocycles. The van der Waals surface area contributed by atoms with Crippen molar-refractivity contribution in [3.8, 4) is 0 Å². The standard InChI is InChI=1S/C20H19F2N3OS/c21-13-8-9-15(14(22)11-13)23-19(26)12-25-10-4-3-6-17(25)20-24-16-5-1-2-7-18(16)27-20/h1-2,5,7-9,11,17H,3-4,6,10,12H2,(H,23,26)/p+1/t17-/m1/s1. The van der Waals surface area contributed by atoms with Crippen LogP contribution >= 0.6 is 11.3 Å². The fourth-order valence-electron chi connectivity index (χ4n) is 3.62. The van der Waals surface area contributed by atoms with E-state index in [1.54, 1.807) is 11.3 Å². The Morgan fingerprint density at radius 3 is 2.89 bits per heavy atom. The van der Waals surface area contributed by atoms with Crippen molar-refractivity contribution in [3.63, 3.8) is 0 Å². The summed E-state index contributed by atoms with van der Waals surface area (Å²) < 4.78 is 27.9. The first kappa shape index (κ1) is 18.0. The Bertz CT molecular complexity index is 942.